The minimum Gasteiger partial charge on any atom is -0.495 e. The lowest BCUT2D eigenvalue weighted by molar-refractivity contribution is 0.198. The molecule has 2 amide bonds. The molecule has 1 aromatic carbocycles. The molecule has 1 fully saturated rings. The fraction of sp³-hybridized carbons (Fsp3) is 0.462. The predicted molar refractivity (Wildman–Crippen MR) is 71.2 cm³/mol. The van der Waals surface area contributed by atoms with Gasteiger partial charge in [-0.3, -0.25) is 4.90 Å². The Labute approximate surface area is 111 Å². The van der Waals surface area contributed by atoms with Crippen molar-refractivity contribution in [1.29, 1.82) is 0 Å². The minimum absolute atomic E-state index is 0.148. The SMILES string of the molecule is COc1ccc(F)cc1N(C)C(=O)N1CCNCC1. The van der Waals surface area contributed by atoms with Crippen molar-refractivity contribution >= 4 is 11.7 Å². The number of anilines is 1. The quantitative estimate of drug-likeness (QED) is 0.878. The second-order valence-electron chi connectivity index (χ2n) is 4.39. The number of carbonyl (C=O) groups is 1. The molecule has 0 radical (unpaired) electrons. The molecule has 0 atom stereocenters. The van der Waals surface area contributed by atoms with Gasteiger partial charge in [-0.05, 0) is 12.1 Å². The van der Waals surface area contributed by atoms with Crippen molar-refractivity contribution in [3.8, 4) is 5.75 Å². The van der Waals surface area contributed by atoms with Gasteiger partial charge in [0.1, 0.15) is 11.6 Å². The smallest absolute Gasteiger partial charge is 0.324 e. The molecule has 1 heterocycles. The molecule has 5 nitrogen and oxygen atoms in total. The summed E-state index contributed by atoms with van der Waals surface area (Å²) in [6.07, 6.45) is 0. The maximum Gasteiger partial charge on any atom is 0.324 e. The van der Waals surface area contributed by atoms with Crippen LogP contribution in [0.2, 0.25) is 0 Å². The Bertz CT molecular complexity index is 461. The number of ether oxygens (including phenoxy) is 1. The molecule has 0 saturated carbocycles. The topological polar surface area (TPSA) is 44.8 Å². The molecular weight excluding hydrogens is 249 g/mol. The van der Waals surface area contributed by atoms with E-state index in [1.807, 2.05) is 0 Å². The van der Waals surface area contributed by atoms with Crippen LogP contribution in [0, 0.1) is 5.82 Å². The van der Waals surface area contributed by atoms with Crippen LogP contribution in [-0.2, 0) is 0 Å². The first-order valence-corrected chi connectivity index (χ1v) is 6.20. The van der Waals surface area contributed by atoms with Crippen LogP contribution in [0.25, 0.3) is 0 Å². The van der Waals surface area contributed by atoms with E-state index in [-0.39, 0.29) is 6.03 Å². The molecule has 0 aromatic heterocycles. The number of amides is 2. The van der Waals surface area contributed by atoms with E-state index in [0.717, 1.165) is 13.1 Å². The number of hydrogen-bond acceptors (Lipinski definition) is 3. The van der Waals surface area contributed by atoms with Crippen LogP contribution in [0.5, 0.6) is 5.75 Å². The molecule has 0 spiro atoms. The van der Waals surface area contributed by atoms with Crippen LogP contribution >= 0.6 is 0 Å². The molecule has 1 N–H and O–H groups in total. The standard InChI is InChI=1S/C13H18FN3O2/c1-16(13(18)17-7-5-15-6-8-17)11-9-10(14)3-4-12(11)19-2/h3-4,9,15H,5-8H2,1-2H3. The van der Waals surface area contributed by atoms with Crippen LogP contribution in [0.4, 0.5) is 14.9 Å². The van der Waals surface area contributed by atoms with Crippen molar-refractivity contribution in [2.75, 3.05) is 45.2 Å². The van der Waals surface area contributed by atoms with Crippen molar-refractivity contribution in [1.82, 2.24) is 10.2 Å². The number of urea groups is 1. The number of hydrogen-bond donors (Lipinski definition) is 1. The second kappa shape index (κ2) is 5.88. The van der Waals surface area contributed by atoms with Gasteiger partial charge in [-0.1, -0.05) is 0 Å². The average molecular weight is 267 g/mol. The molecule has 1 saturated heterocycles. The Morgan fingerprint density at radius 3 is 2.74 bits per heavy atom. The van der Waals surface area contributed by atoms with Gasteiger partial charge in [-0.2, -0.15) is 0 Å². The fourth-order valence-electron chi connectivity index (χ4n) is 2.10. The molecule has 1 aliphatic heterocycles. The molecular formula is C13H18FN3O2. The zero-order valence-corrected chi connectivity index (χ0v) is 11.1. The highest BCUT2D eigenvalue weighted by Crippen LogP contribution is 2.28. The summed E-state index contributed by atoms with van der Waals surface area (Å²) in [5.74, 6) is 0.0862. The summed E-state index contributed by atoms with van der Waals surface area (Å²) in [6, 6.07) is 3.99. The molecule has 1 aliphatic rings. The zero-order valence-electron chi connectivity index (χ0n) is 11.1. The number of nitrogens with zero attached hydrogens (tertiary/aromatic N) is 2. The molecule has 0 unspecified atom stereocenters. The normalized spacial score (nSPS) is 15.2. The van der Waals surface area contributed by atoms with Crippen LogP contribution in [-0.4, -0.2) is 51.3 Å². The van der Waals surface area contributed by atoms with Gasteiger partial charge in [0.05, 0.1) is 12.8 Å². The highest BCUT2D eigenvalue weighted by molar-refractivity contribution is 5.93. The van der Waals surface area contributed by atoms with E-state index in [1.54, 1.807) is 11.9 Å². The number of nitrogens with one attached hydrogen (secondary N) is 1. The van der Waals surface area contributed by atoms with E-state index < -0.39 is 5.82 Å². The lowest BCUT2D eigenvalue weighted by Crippen LogP contribution is -2.50. The molecule has 2 rings (SSSR count). The second-order valence-corrected chi connectivity index (χ2v) is 4.39. The monoisotopic (exact) mass is 267 g/mol. The fourth-order valence-corrected chi connectivity index (χ4v) is 2.10. The first kappa shape index (κ1) is 13.6. The van der Waals surface area contributed by atoms with Crippen molar-refractivity contribution in [3.63, 3.8) is 0 Å². The Balaban J connectivity index is 2.20. The molecule has 104 valence electrons. The molecule has 1 aromatic rings. The molecule has 0 aliphatic carbocycles. The Hall–Kier alpha value is -1.82. The molecule has 0 bridgehead atoms. The lowest BCUT2D eigenvalue weighted by atomic mass is 10.2. The summed E-state index contributed by atoms with van der Waals surface area (Å²) in [5.41, 5.74) is 0.436. The van der Waals surface area contributed by atoms with E-state index in [2.05, 4.69) is 5.32 Å². The number of methoxy groups -OCH3 is 1. The Morgan fingerprint density at radius 2 is 2.11 bits per heavy atom. The highest BCUT2D eigenvalue weighted by atomic mass is 19.1. The largest absolute Gasteiger partial charge is 0.495 e. The lowest BCUT2D eigenvalue weighted by Gasteiger charge is -2.31. The number of carbonyl (C=O) groups excluding carboxylic acids is 1. The Morgan fingerprint density at radius 1 is 1.42 bits per heavy atom. The van der Waals surface area contributed by atoms with E-state index >= 15 is 0 Å². The summed E-state index contributed by atoms with van der Waals surface area (Å²) < 4.78 is 18.5. The van der Waals surface area contributed by atoms with Gasteiger partial charge in [0.25, 0.3) is 0 Å². The average Bonchev–Trinajstić information content (AvgIpc) is 2.46. The molecule has 6 heteroatoms. The first-order chi connectivity index (χ1) is 9.13. The van der Waals surface area contributed by atoms with Crippen molar-refractivity contribution in [2.24, 2.45) is 0 Å². The maximum atomic E-state index is 13.3. The first-order valence-electron chi connectivity index (χ1n) is 6.20. The van der Waals surface area contributed by atoms with Crippen molar-refractivity contribution in [2.45, 2.75) is 0 Å². The van der Waals surface area contributed by atoms with E-state index in [1.165, 1.54) is 30.2 Å². The minimum atomic E-state index is -0.393. The summed E-state index contributed by atoms with van der Waals surface area (Å²) >= 11 is 0. The van der Waals surface area contributed by atoms with Gasteiger partial charge in [0.2, 0.25) is 0 Å². The Kier molecular flexibility index (Phi) is 4.21. The zero-order chi connectivity index (χ0) is 13.8. The van der Waals surface area contributed by atoms with E-state index in [4.69, 9.17) is 4.74 Å². The van der Waals surface area contributed by atoms with Gasteiger partial charge in [-0.15, -0.1) is 0 Å². The van der Waals surface area contributed by atoms with Gasteiger partial charge in [0, 0.05) is 39.3 Å². The van der Waals surface area contributed by atoms with Gasteiger partial charge in [0.15, 0.2) is 0 Å². The van der Waals surface area contributed by atoms with Crippen LogP contribution < -0.4 is 15.0 Å². The summed E-state index contributed by atoms with van der Waals surface area (Å²) in [5, 5.41) is 3.18. The van der Waals surface area contributed by atoms with Crippen LogP contribution in [0.1, 0.15) is 0 Å². The van der Waals surface area contributed by atoms with E-state index in [9.17, 15) is 9.18 Å². The van der Waals surface area contributed by atoms with Crippen LogP contribution in [0.3, 0.4) is 0 Å². The third kappa shape index (κ3) is 2.96. The molecule has 19 heavy (non-hydrogen) atoms. The van der Waals surface area contributed by atoms with E-state index in [0.29, 0.717) is 24.5 Å². The highest BCUT2D eigenvalue weighted by Gasteiger charge is 2.23. The third-order valence-electron chi connectivity index (χ3n) is 3.18. The van der Waals surface area contributed by atoms with Crippen molar-refractivity contribution < 1.29 is 13.9 Å². The van der Waals surface area contributed by atoms with Crippen molar-refractivity contribution in [3.05, 3.63) is 24.0 Å². The number of piperazine rings is 1. The van der Waals surface area contributed by atoms with Crippen LogP contribution in [0.15, 0.2) is 18.2 Å². The van der Waals surface area contributed by atoms with Gasteiger partial charge < -0.3 is 15.0 Å². The number of benzene rings is 1. The number of rotatable bonds is 2. The maximum absolute atomic E-state index is 13.3. The third-order valence-corrected chi connectivity index (χ3v) is 3.18. The summed E-state index contributed by atoms with van der Waals surface area (Å²) in [4.78, 5) is 15.5. The predicted octanol–water partition coefficient (Wildman–Crippen LogP) is 1.30. The summed E-state index contributed by atoms with van der Waals surface area (Å²) in [6.45, 7) is 2.86. The van der Waals surface area contributed by atoms with Gasteiger partial charge in [-0.25, -0.2) is 9.18 Å². The number of halogens is 1. The summed E-state index contributed by atoms with van der Waals surface area (Å²) in [7, 11) is 3.13. The van der Waals surface area contributed by atoms with Gasteiger partial charge >= 0.3 is 6.03 Å².